The second-order valence-corrected chi connectivity index (χ2v) is 0.479. The number of nitriles is 1. The topological polar surface area (TPSA) is 40.9 Å². The Labute approximate surface area is 31.4 Å². The van der Waals surface area contributed by atoms with Gasteiger partial charge in [0.25, 0.3) is 0 Å². The van der Waals surface area contributed by atoms with Crippen molar-refractivity contribution in [2.75, 3.05) is 0 Å². The molecular weight excluding hydrogens is 66.0 g/mol. The van der Waals surface area contributed by atoms with Crippen LogP contribution >= 0.6 is 0 Å². The van der Waals surface area contributed by atoms with E-state index >= 15 is 0 Å². The molecule has 5 heavy (non-hydrogen) atoms. The molecule has 0 amide bonds. The molecule has 0 saturated carbocycles. The van der Waals surface area contributed by atoms with Gasteiger partial charge in [-0.1, -0.05) is 0 Å². The van der Waals surface area contributed by atoms with Gasteiger partial charge in [0.2, 0.25) is 0 Å². The summed E-state index contributed by atoms with van der Waals surface area (Å²) < 4.78 is 6.12. The number of carbonyl (C=O) groups is 1. The summed E-state index contributed by atoms with van der Waals surface area (Å²) in [5.41, 5.74) is 0. The molecule has 0 aromatic carbocycles. The Morgan fingerprint density at radius 1 is 2.40 bits per heavy atom. The van der Waals surface area contributed by atoms with Gasteiger partial charge in [-0.05, 0) is 0 Å². The predicted octanol–water partition coefficient (Wildman–Crippen LogP) is 0.0990. The van der Waals surface area contributed by atoms with Crippen molar-refractivity contribution < 1.29 is 6.17 Å². The molecule has 0 heterocycles. The van der Waals surface area contributed by atoms with E-state index in [2.05, 4.69) is 0 Å². The molecule has 0 radical (unpaired) electrons. The summed E-state index contributed by atoms with van der Waals surface area (Å²) in [6.45, 7) is 0. The number of rotatable bonds is 1. The maximum absolute atomic E-state index is 9.49. The van der Waals surface area contributed by atoms with Gasteiger partial charge in [-0.25, -0.2) is 0 Å². The SMILES string of the molecule is [2H]C(=O)CC#N. The summed E-state index contributed by atoms with van der Waals surface area (Å²) in [6, 6.07) is 1.53. The Bertz CT molecular complexity index is 93.5. The molecule has 0 spiro atoms. The highest BCUT2D eigenvalue weighted by atomic mass is 16.1. The van der Waals surface area contributed by atoms with E-state index < -0.39 is 6.26 Å². The van der Waals surface area contributed by atoms with Crippen LogP contribution in [0.2, 0.25) is 0 Å². The van der Waals surface area contributed by atoms with Gasteiger partial charge < -0.3 is 4.79 Å². The second kappa shape index (κ2) is 3.16. The molecule has 2 nitrogen and oxygen atoms in total. The second-order valence-electron chi connectivity index (χ2n) is 0.479. The number of carbonyl (C=O) groups excluding carboxylic acids is 1. The zero-order chi connectivity index (χ0) is 4.99. The lowest BCUT2D eigenvalue weighted by atomic mass is 10.5. The number of nitrogens with zero attached hydrogens (tertiary/aromatic N) is 1. The van der Waals surface area contributed by atoms with Gasteiger partial charge in [-0.15, -0.1) is 0 Å². The van der Waals surface area contributed by atoms with Crippen LogP contribution in [0.4, 0.5) is 0 Å². The van der Waals surface area contributed by atoms with Gasteiger partial charge in [0.1, 0.15) is 7.63 Å². The Balaban J connectivity index is 3.13. The summed E-state index contributed by atoms with van der Waals surface area (Å²) in [5, 5.41) is 7.65. The van der Waals surface area contributed by atoms with Gasteiger partial charge >= 0.3 is 0 Å². The maximum Gasteiger partial charge on any atom is 0.134 e. The minimum atomic E-state index is -0.822. The minimum Gasteiger partial charge on any atom is -0.302 e. The molecule has 0 aromatic rings. The average molecular weight is 70.1 g/mol. The third kappa shape index (κ3) is 3.16. The van der Waals surface area contributed by atoms with Crippen LogP contribution in [-0.2, 0) is 4.79 Å². The Hall–Kier alpha value is -0.840. The average Bonchev–Trinajstić information content (AvgIpc) is 1.35. The molecule has 0 fully saturated rings. The van der Waals surface area contributed by atoms with Gasteiger partial charge in [-0.2, -0.15) is 5.26 Å². The minimum absolute atomic E-state index is 0.292. The van der Waals surface area contributed by atoms with Crippen molar-refractivity contribution in [3.05, 3.63) is 0 Å². The first-order valence-electron chi connectivity index (χ1n) is 1.63. The molecule has 0 unspecified atom stereocenters. The predicted molar refractivity (Wildman–Crippen MR) is 16.3 cm³/mol. The normalized spacial score (nSPS) is 8.20. The summed E-state index contributed by atoms with van der Waals surface area (Å²) in [5.74, 6) is 0. The first kappa shape index (κ1) is 2.40. The number of hydrogen-bond acceptors (Lipinski definition) is 2. The van der Waals surface area contributed by atoms with Crippen molar-refractivity contribution in [1.29, 1.82) is 5.26 Å². The fraction of sp³-hybridized carbons (Fsp3) is 0.333. The first-order valence-corrected chi connectivity index (χ1v) is 1.13. The van der Waals surface area contributed by atoms with Crippen molar-refractivity contribution >= 4 is 6.26 Å². The highest BCUT2D eigenvalue weighted by molar-refractivity contribution is 5.52. The molecule has 0 saturated heterocycles. The van der Waals surface area contributed by atoms with Gasteiger partial charge in [0.05, 0.1) is 12.5 Å². The van der Waals surface area contributed by atoms with Crippen LogP contribution in [-0.4, -0.2) is 6.26 Å². The van der Waals surface area contributed by atoms with Crippen molar-refractivity contribution in [2.24, 2.45) is 0 Å². The Morgan fingerprint density at radius 2 is 3.00 bits per heavy atom. The summed E-state index contributed by atoms with van der Waals surface area (Å²) in [7, 11) is 0. The molecule has 0 bridgehead atoms. The molecule has 2 heteroatoms. The zero-order valence-corrected chi connectivity index (χ0v) is 2.56. The van der Waals surface area contributed by atoms with Crippen LogP contribution < -0.4 is 0 Å². The number of aldehydes is 1. The lowest BCUT2D eigenvalue weighted by Crippen LogP contribution is -1.60. The number of hydrogen-bond donors (Lipinski definition) is 0. The molecular formula is C3H3NO. The van der Waals surface area contributed by atoms with E-state index in [-0.39, 0.29) is 6.42 Å². The van der Waals surface area contributed by atoms with E-state index in [9.17, 15) is 4.79 Å². The molecule has 0 atom stereocenters. The Morgan fingerprint density at radius 3 is 3.00 bits per heavy atom. The van der Waals surface area contributed by atoms with Crippen molar-refractivity contribution in [3.8, 4) is 6.07 Å². The van der Waals surface area contributed by atoms with E-state index in [4.69, 9.17) is 6.63 Å². The largest absolute Gasteiger partial charge is 0.302 e. The Kier molecular flexibility index (Phi) is 1.52. The lowest BCUT2D eigenvalue weighted by Gasteiger charge is -1.50. The van der Waals surface area contributed by atoms with Crippen LogP contribution in [0, 0.1) is 11.3 Å². The van der Waals surface area contributed by atoms with Crippen LogP contribution in [0.3, 0.4) is 0 Å². The molecule has 0 aromatic heterocycles. The monoisotopic (exact) mass is 70.0 g/mol. The molecule has 26 valence electrons. The molecule has 0 N–H and O–H groups in total. The fourth-order valence-corrected chi connectivity index (χ4v) is 0.0323. The van der Waals surface area contributed by atoms with E-state index in [0.29, 0.717) is 0 Å². The lowest BCUT2D eigenvalue weighted by molar-refractivity contribution is -0.107. The van der Waals surface area contributed by atoms with E-state index in [1.165, 1.54) is 6.07 Å². The van der Waals surface area contributed by atoms with Crippen molar-refractivity contribution in [1.82, 2.24) is 0 Å². The van der Waals surface area contributed by atoms with Gasteiger partial charge in [-0.3, -0.25) is 0 Å². The van der Waals surface area contributed by atoms with Gasteiger partial charge in [0, 0.05) is 0 Å². The maximum atomic E-state index is 9.49. The third-order valence-corrected chi connectivity index (χ3v) is 0.151. The summed E-state index contributed by atoms with van der Waals surface area (Å²) in [4.78, 5) is 9.49. The summed E-state index contributed by atoms with van der Waals surface area (Å²) >= 11 is 0. The highest BCUT2D eigenvalue weighted by Gasteiger charge is 1.63. The van der Waals surface area contributed by atoms with Crippen molar-refractivity contribution in [3.63, 3.8) is 0 Å². The smallest absolute Gasteiger partial charge is 0.134 e. The quantitative estimate of drug-likeness (QED) is 0.410. The fourth-order valence-electron chi connectivity index (χ4n) is 0.0323. The van der Waals surface area contributed by atoms with E-state index in [1.807, 2.05) is 0 Å². The van der Waals surface area contributed by atoms with E-state index in [1.54, 1.807) is 0 Å². The van der Waals surface area contributed by atoms with Crippen molar-refractivity contribution in [2.45, 2.75) is 6.42 Å². The zero-order valence-electron chi connectivity index (χ0n) is 3.56. The van der Waals surface area contributed by atoms with Crippen LogP contribution in [0.5, 0.6) is 0 Å². The third-order valence-electron chi connectivity index (χ3n) is 0.151. The molecule has 0 aliphatic heterocycles. The van der Waals surface area contributed by atoms with Crippen LogP contribution in [0.1, 0.15) is 7.79 Å². The molecule has 0 aliphatic carbocycles. The highest BCUT2D eigenvalue weighted by Crippen LogP contribution is 1.55. The van der Waals surface area contributed by atoms with E-state index in [0.717, 1.165) is 0 Å². The summed E-state index contributed by atoms with van der Waals surface area (Å²) in [6.07, 6.45) is -1.11. The van der Waals surface area contributed by atoms with Crippen LogP contribution in [0.15, 0.2) is 0 Å². The molecule has 0 aliphatic rings. The molecule has 0 rings (SSSR count). The first-order chi connectivity index (χ1) is 2.77. The van der Waals surface area contributed by atoms with Crippen LogP contribution in [0.25, 0.3) is 0 Å². The standard InChI is InChI=1S/C3H3NO/c4-2-1-3-5/h3H,1H2/i3D. The van der Waals surface area contributed by atoms with Gasteiger partial charge in [0.15, 0.2) is 0 Å².